The molecule has 0 aliphatic heterocycles. The van der Waals surface area contributed by atoms with Gasteiger partial charge in [0.1, 0.15) is 0 Å². The molecule has 268 valence electrons. The lowest BCUT2D eigenvalue weighted by molar-refractivity contribution is -0.121. The van der Waals surface area contributed by atoms with Crippen molar-refractivity contribution in [3.05, 3.63) is 0 Å². The van der Waals surface area contributed by atoms with Crippen LogP contribution >= 0.6 is 0 Å². The van der Waals surface area contributed by atoms with Gasteiger partial charge in [0.05, 0.1) is 0 Å². The Bertz CT molecular complexity index is 544. The Kier molecular flexibility index (Phi) is 38.2. The van der Waals surface area contributed by atoms with Gasteiger partial charge in [-0.2, -0.15) is 0 Å². The number of unbranched alkanes of at least 4 members (excludes halogenated alkanes) is 30. The van der Waals surface area contributed by atoms with Crippen LogP contribution in [-0.4, -0.2) is 24.9 Å². The fraction of sp³-hybridized carbons (Fsp3) is 0.951. The van der Waals surface area contributed by atoms with E-state index < -0.39 is 0 Å². The summed E-state index contributed by atoms with van der Waals surface area (Å²) in [6, 6.07) is 0. The van der Waals surface area contributed by atoms with Crippen LogP contribution < -0.4 is 10.6 Å². The first-order chi connectivity index (χ1) is 22.2. The lowest BCUT2D eigenvalue weighted by atomic mass is 10.0. The van der Waals surface area contributed by atoms with Gasteiger partial charge in [-0.25, -0.2) is 0 Å². The largest absolute Gasteiger partial charge is 0.356 e. The normalized spacial score (nSPS) is 11.2. The summed E-state index contributed by atoms with van der Waals surface area (Å²) in [6.07, 6.45) is 45.0. The molecular weight excluding hydrogens is 552 g/mol. The molecule has 0 bridgehead atoms. The van der Waals surface area contributed by atoms with E-state index in [1.807, 2.05) is 0 Å². The van der Waals surface area contributed by atoms with E-state index in [9.17, 15) is 9.59 Å². The molecule has 0 spiro atoms. The van der Waals surface area contributed by atoms with Gasteiger partial charge in [-0.05, 0) is 32.1 Å². The van der Waals surface area contributed by atoms with Crippen molar-refractivity contribution in [3.63, 3.8) is 0 Å². The third-order valence-electron chi connectivity index (χ3n) is 9.51. The zero-order valence-electron chi connectivity index (χ0n) is 31.0. The van der Waals surface area contributed by atoms with Gasteiger partial charge >= 0.3 is 0 Å². The van der Waals surface area contributed by atoms with E-state index in [-0.39, 0.29) is 11.8 Å². The standard InChI is InChI=1S/C41H82N2O2/c1-3-5-7-9-11-13-15-17-19-21-23-25-27-29-32-36-40(44)42-38-34-31-35-39-43-41(45)37-33-30-28-26-24-22-20-18-16-14-12-10-8-6-4-2/h3-39H2,1-2H3,(H,42,44)(H,43,45). The number of rotatable bonds is 38. The zero-order chi connectivity index (χ0) is 32.7. The number of carbonyl (C=O) groups is 2. The summed E-state index contributed by atoms with van der Waals surface area (Å²) in [7, 11) is 0. The number of hydrogen-bond donors (Lipinski definition) is 2. The van der Waals surface area contributed by atoms with E-state index in [1.165, 1.54) is 180 Å². The highest BCUT2D eigenvalue weighted by molar-refractivity contribution is 5.76. The maximum Gasteiger partial charge on any atom is 0.219 e. The number of amides is 2. The fourth-order valence-electron chi connectivity index (χ4n) is 6.37. The van der Waals surface area contributed by atoms with E-state index in [4.69, 9.17) is 0 Å². The molecule has 0 fully saturated rings. The van der Waals surface area contributed by atoms with E-state index in [0.29, 0.717) is 12.8 Å². The Balaban J connectivity index is 3.24. The molecule has 0 aromatic heterocycles. The summed E-state index contributed by atoms with van der Waals surface area (Å²) in [5.41, 5.74) is 0. The molecule has 2 amide bonds. The minimum absolute atomic E-state index is 0.210. The monoisotopic (exact) mass is 635 g/mol. The highest BCUT2D eigenvalue weighted by atomic mass is 16.2. The average Bonchev–Trinajstić information content (AvgIpc) is 3.04. The van der Waals surface area contributed by atoms with Gasteiger partial charge in [-0.15, -0.1) is 0 Å². The summed E-state index contributed by atoms with van der Waals surface area (Å²) >= 11 is 0. The molecule has 0 unspecified atom stereocenters. The SMILES string of the molecule is CCCCCCCCCCCCCCCCCC(=O)NCCCCCNC(=O)CCCCCCCCCCCCCCCCC. The lowest BCUT2D eigenvalue weighted by Gasteiger charge is -2.07. The van der Waals surface area contributed by atoms with Crippen LogP contribution in [0.15, 0.2) is 0 Å². The first kappa shape index (κ1) is 43.9. The lowest BCUT2D eigenvalue weighted by Crippen LogP contribution is -2.25. The second-order valence-corrected chi connectivity index (χ2v) is 14.2. The molecule has 0 atom stereocenters. The van der Waals surface area contributed by atoms with Crippen molar-refractivity contribution in [1.29, 1.82) is 0 Å². The van der Waals surface area contributed by atoms with Crippen LogP contribution in [-0.2, 0) is 9.59 Å². The highest BCUT2D eigenvalue weighted by Crippen LogP contribution is 2.15. The molecule has 45 heavy (non-hydrogen) atoms. The van der Waals surface area contributed by atoms with Crippen molar-refractivity contribution in [2.75, 3.05) is 13.1 Å². The molecule has 0 saturated heterocycles. The van der Waals surface area contributed by atoms with E-state index in [0.717, 1.165) is 45.2 Å². The first-order valence-corrected chi connectivity index (χ1v) is 20.7. The Morgan fingerprint density at radius 3 is 0.733 bits per heavy atom. The van der Waals surface area contributed by atoms with Crippen LogP contribution in [0.1, 0.15) is 239 Å². The van der Waals surface area contributed by atoms with Gasteiger partial charge in [0.15, 0.2) is 0 Å². The van der Waals surface area contributed by atoms with Crippen molar-refractivity contribution in [1.82, 2.24) is 10.6 Å². The van der Waals surface area contributed by atoms with Crippen LogP contribution in [0.2, 0.25) is 0 Å². The molecular formula is C41H82N2O2. The van der Waals surface area contributed by atoms with Gasteiger partial charge < -0.3 is 10.6 Å². The molecule has 0 saturated carbocycles. The third-order valence-corrected chi connectivity index (χ3v) is 9.51. The Morgan fingerprint density at radius 2 is 0.489 bits per heavy atom. The van der Waals surface area contributed by atoms with Crippen molar-refractivity contribution < 1.29 is 9.59 Å². The first-order valence-electron chi connectivity index (χ1n) is 20.7. The van der Waals surface area contributed by atoms with Crippen LogP contribution in [0.5, 0.6) is 0 Å². The van der Waals surface area contributed by atoms with Gasteiger partial charge in [-0.1, -0.05) is 194 Å². The summed E-state index contributed by atoms with van der Waals surface area (Å²) in [6.45, 7) is 6.11. The quantitative estimate of drug-likeness (QED) is 0.0664. The van der Waals surface area contributed by atoms with Gasteiger partial charge in [-0.3, -0.25) is 9.59 Å². The van der Waals surface area contributed by atoms with Crippen LogP contribution in [0.25, 0.3) is 0 Å². The number of nitrogens with one attached hydrogen (secondary N) is 2. The van der Waals surface area contributed by atoms with E-state index >= 15 is 0 Å². The maximum absolute atomic E-state index is 12.1. The van der Waals surface area contributed by atoms with Crippen molar-refractivity contribution in [2.24, 2.45) is 0 Å². The van der Waals surface area contributed by atoms with Gasteiger partial charge in [0.25, 0.3) is 0 Å². The molecule has 2 N–H and O–H groups in total. The van der Waals surface area contributed by atoms with Gasteiger partial charge in [0, 0.05) is 25.9 Å². The topological polar surface area (TPSA) is 58.2 Å². The van der Waals surface area contributed by atoms with Gasteiger partial charge in [0.2, 0.25) is 11.8 Å². The molecule has 0 heterocycles. The molecule has 4 heteroatoms. The van der Waals surface area contributed by atoms with Crippen LogP contribution in [0.3, 0.4) is 0 Å². The number of hydrogen-bond acceptors (Lipinski definition) is 2. The van der Waals surface area contributed by atoms with Crippen LogP contribution in [0, 0.1) is 0 Å². The molecule has 0 aliphatic rings. The summed E-state index contributed by atoms with van der Waals surface area (Å²) in [4.78, 5) is 24.1. The second kappa shape index (κ2) is 39.1. The zero-order valence-corrected chi connectivity index (χ0v) is 31.0. The molecule has 0 rings (SSSR count). The summed E-state index contributed by atoms with van der Waals surface area (Å²) in [5, 5.41) is 6.15. The minimum atomic E-state index is 0.210. The second-order valence-electron chi connectivity index (χ2n) is 14.2. The summed E-state index contributed by atoms with van der Waals surface area (Å²) in [5.74, 6) is 0.419. The molecule has 0 aliphatic carbocycles. The smallest absolute Gasteiger partial charge is 0.219 e. The maximum atomic E-state index is 12.1. The predicted octanol–water partition coefficient (Wildman–Crippen LogP) is 12.9. The molecule has 0 aromatic rings. The average molecular weight is 635 g/mol. The minimum Gasteiger partial charge on any atom is -0.356 e. The summed E-state index contributed by atoms with van der Waals surface area (Å²) < 4.78 is 0. The Hall–Kier alpha value is -1.06. The molecule has 0 radical (unpaired) electrons. The molecule has 0 aromatic carbocycles. The van der Waals surface area contributed by atoms with Crippen molar-refractivity contribution in [2.45, 2.75) is 239 Å². The van der Waals surface area contributed by atoms with E-state index in [1.54, 1.807) is 0 Å². The van der Waals surface area contributed by atoms with Crippen LogP contribution in [0.4, 0.5) is 0 Å². The van der Waals surface area contributed by atoms with Crippen molar-refractivity contribution >= 4 is 11.8 Å². The third kappa shape index (κ3) is 39.0. The van der Waals surface area contributed by atoms with E-state index in [2.05, 4.69) is 24.5 Å². The Morgan fingerprint density at radius 1 is 0.289 bits per heavy atom. The predicted molar refractivity (Wildman–Crippen MR) is 199 cm³/mol. The van der Waals surface area contributed by atoms with Crippen molar-refractivity contribution in [3.8, 4) is 0 Å². The number of carbonyl (C=O) groups excluding carboxylic acids is 2. The Labute approximate surface area is 283 Å². The fourth-order valence-corrected chi connectivity index (χ4v) is 6.37. The highest BCUT2D eigenvalue weighted by Gasteiger charge is 2.03. The molecule has 4 nitrogen and oxygen atoms in total.